The van der Waals surface area contributed by atoms with E-state index in [-0.39, 0.29) is 0 Å². The van der Waals surface area contributed by atoms with Crippen LogP contribution in [0.1, 0.15) is 16.8 Å². The fourth-order valence-corrected chi connectivity index (χ4v) is 2.99. The topological polar surface area (TPSA) is 50.7 Å². The Balaban J connectivity index is 1.71. The molecule has 0 fully saturated rings. The summed E-state index contributed by atoms with van der Waals surface area (Å²) >= 11 is 0. The van der Waals surface area contributed by atoms with Crippen LogP contribution in [-0.2, 0) is 12.6 Å². The van der Waals surface area contributed by atoms with Crippen molar-refractivity contribution in [2.45, 2.75) is 12.6 Å². The molecule has 0 aliphatic rings. The first-order valence-electron chi connectivity index (χ1n) is 8.58. The van der Waals surface area contributed by atoms with Gasteiger partial charge in [-0.1, -0.05) is 36.4 Å². The normalized spacial score (nSPS) is 11.5. The van der Waals surface area contributed by atoms with E-state index in [4.69, 9.17) is 0 Å². The molecular formula is C21H15F3N4. The molecule has 0 aliphatic heterocycles. The molecule has 2 aromatic heterocycles. The predicted octanol–water partition coefficient (Wildman–Crippen LogP) is 5.38. The molecule has 0 aliphatic carbocycles. The Bertz CT molecular complexity index is 1110. The Labute approximate surface area is 159 Å². The molecule has 0 amide bonds. The van der Waals surface area contributed by atoms with E-state index >= 15 is 0 Å². The standard InChI is InChI=1S/C21H15F3N4/c22-21(23,24)15-6-3-7-16(12-15)26-20-18-9-2-1-8-17(18)19(27-28-20)11-14-5-4-10-25-13-14/h1-10,12-13H,11H2,(H,26,28). The summed E-state index contributed by atoms with van der Waals surface area (Å²) in [5, 5.41) is 13.2. The van der Waals surface area contributed by atoms with Crippen LogP contribution in [-0.4, -0.2) is 15.2 Å². The maximum absolute atomic E-state index is 13.0. The first-order valence-corrected chi connectivity index (χ1v) is 8.58. The fourth-order valence-electron chi connectivity index (χ4n) is 2.99. The van der Waals surface area contributed by atoms with Gasteiger partial charge in [0.1, 0.15) is 0 Å². The van der Waals surface area contributed by atoms with Crippen LogP contribution in [0.5, 0.6) is 0 Å². The summed E-state index contributed by atoms with van der Waals surface area (Å²) in [5.74, 6) is 0.407. The van der Waals surface area contributed by atoms with Crippen molar-refractivity contribution in [3.8, 4) is 0 Å². The third kappa shape index (κ3) is 3.78. The van der Waals surface area contributed by atoms with Gasteiger partial charge in [-0.3, -0.25) is 4.98 Å². The molecule has 7 heteroatoms. The third-order valence-electron chi connectivity index (χ3n) is 4.31. The average molecular weight is 380 g/mol. The molecule has 28 heavy (non-hydrogen) atoms. The van der Waals surface area contributed by atoms with Gasteiger partial charge in [0.2, 0.25) is 0 Å². The zero-order chi connectivity index (χ0) is 19.6. The van der Waals surface area contributed by atoms with E-state index in [0.717, 1.165) is 34.2 Å². The van der Waals surface area contributed by atoms with Crippen molar-refractivity contribution in [1.82, 2.24) is 15.2 Å². The van der Waals surface area contributed by atoms with Crippen molar-refractivity contribution in [3.63, 3.8) is 0 Å². The molecule has 0 bridgehead atoms. The van der Waals surface area contributed by atoms with Crippen molar-refractivity contribution < 1.29 is 13.2 Å². The minimum absolute atomic E-state index is 0.300. The summed E-state index contributed by atoms with van der Waals surface area (Å²) in [5.41, 5.74) is 1.36. The van der Waals surface area contributed by atoms with Gasteiger partial charge in [-0.25, -0.2) is 0 Å². The molecule has 4 aromatic rings. The highest BCUT2D eigenvalue weighted by Gasteiger charge is 2.30. The smallest absolute Gasteiger partial charge is 0.338 e. The average Bonchev–Trinajstić information content (AvgIpc) is 2.70. The minimum atomic E-state index is -4.40. The first kappa shape index (κ1) is 17.9. The predicted molar refractivity (Wildman–Crippen MR) is 101 cm³/mol. The lowest BCUT2D eigenvalue weighted by Gasteiger charge is -2.13. The summed E-state index contributed by atoms with van der Waals surface area (Å²) in [7, 11) is 0. The molecule has 0 saturated heterocycles. The van der Waals surface area contributed by atoms with Gasteiger partial charge < -0.3 is 5.32 Å². The number of hydrogen-bond acceptors (Lipinski definition) is 4. The second kappa shape index (κ2) is 7.26. The summed E-state index contributed by atoms with van der Waals surface area (Å²) in [6.45, 7) is 0. The van der Waals surface area contributed by atoms with Gasteiger partial charge in [-0.05, 0) is 29.8 Å². The van der Waals surface area contributed by atoms with Gasteiger partial charge in [0.15, 0.2) is 5.82 Å². The van der Waals surface area contributed by atoms with Gasteiger partial charge in [0.05, 0.1) is 11.3 Å². The molecule has 0 spiro atoms. The molecule has 0 atom stereocenters. The van der Waals surface area contributed by atoms with Gasteiger partial charge in [0, 0.05) is 35.3 Å². The van der Waals surface area contributed by atoms with Crippen molar-refractivity contribution in [2.75, 3.05) is 5.32 Å². The maximum Gasteiger partial charge on any atom is 0.416 e. The number of nitrogens with zero attached hydrogens (tertiary/aromatic N) is 3. The summed E-state index contributed by atoms with van der Waals surface area (Å²) in [4.78, 5) is 4.11. The zero-order valence-electron chi connectivity index (χ0n) is 14.6. The van der Waals surface area contributed by atoms with Crippen LogP contribution in [0.2, 0.25) is 0 Å². The van der Waals surface area contributed by atoms with Crippen LogP contribution >= 0.6 is 0 Å². The van der Waals surface area contributed by atoms with Crippen molar-refractivity contribution in [2.24, 2.45) is 0 Å². The highest BCUT2D eigenvalue weighted by Crippen LogP contribution is 2.32. The number of pyridine rings is 1. The second-order valence-corrected chi connectivity index (χ2v) is 6.28. The highest BCUT2D eigenvalue weighted by atomic mass is 19.4. The molecule has 2 heterocycles. The zero-order valence-corrected chi connectivity index (χ0v) is 14.6. The van der Waals surface area contributed by atoms with E-state index in [2.05, 4.69) is 20.5 Å². The molecule has 4 rings (SSSR count). The molecule has 2 aromatic carbocycles. The Kier molecular flexibility index (Phi) is 4.65. The number of rotatable bonds is 4. The van der Waals surface area contributed by atoms with Gasteiger partial charge >= 0.3 is 6.18 Å². The third-order valence-corrected chi connectivity index (χ3v) is 4.31. The number of nitrogens with one attached hydrogen (secondary N) is 1. The lowest BCUT2D eigenvalue weighted by atomic mass is 10.1. The molecular weight excluding hydrogens is 365 g/mol. The quantitative estimate of drug-likeness (QED) is 0.517. The largest absolute Gasteiger partial charge is 0.416 e. The van der Waals surface area contributed by atoms with Crippen LogP contribution in [0.4, 0.5) is 24.7 Å². The minimum Gasteiger partial charge on any atom is -0.338 e. The number of alkyl halides is 3. The van der Waals surface area contributed by atoms with Gasteiger partial charge in [0.25, 0.3) is 0 Å². The first-order chi connectivity index (χ1) is 13.5. The van der Waals surface area contributed by atoms with Gasteiger partial charge in [-0.15, -0.1) is 5.10 Å². The Hall–Kier alpha value is -3.48. The van der Waals surface area contributed by atoms with E-state index in [0.29, 0.717) is 17.9 Å². The number of halogens is 3. The molecule has 4 nitrogen and oxygen atoms in total. The van der Waals surface area contributed by atoms with E-state index in [1.165, 1.54) is 6.07 Å². The molecule has 1 N–H and O–H groups in total. The lowest BCUT2D eigenvalue weighted by Crippen LogP contribution is -2.06. The van der Waals surface area contributed by atoms with E-state index in [1.54, 1.807) is 18.5 Å². The SMILES string of the molecule is FC(F)(F)c1cccc(Nc2nnc(Cc3cccnc3)c3ccccc23)c1. The van der Waals surface area contributed by atoms with Crippen LogP contribution in [0.15, 0.2) is 73.1 Å². The number of benzene rings is 2. The van der Waals surface area contributed by atoms with Crippen LogP contribution in [0.25, 0.3) is 10.8 Å². The monoisotopic (exact) mass is 380 g/mol. The van der Waals surface area contributed by atoms with Crippen LogP contribution in [0.3, 0.4) is 0 Å². The number of hydrogen-bond donors (Lipinski definition) is 1. The number of fused-ring (bicyclic) bond motifs is 1. The van der Waals surface area contributed by atoms with E-state index in [9.17, 15) is 13.2 Å². The highest BCUT2D eigenvalue weighted by molar-refractivity contribution is 5.94. The summed E-state index contributed by atoms with van der Waals surface area (Å²) in [6, 6.07) is 16.4. The fraction of sp³-hybridized carbons (Fsp3) is 0.0952. The summed E-state index contributed by atoms with van der Waals surface area (Å²) < 4.78 is 38.9. The molecule has 0 radical (unpaired) electrons. The second-order valence-electron chi connectivity index (χ2n) is 6.28. The number of anilines is 2. The van der Waals surface area contributed by atoms with Gasteiger partial charge in [-0.2, -0.15) is 18.3 Å². The van der Waals surface area contributed by atoms with Crippen molar-refractivity contribution in [1.29, 1.82) is 0 Å². The summed E-state index contributed by atoms with van der Waals surface area (Å²) in [6.07, 6.45) is -0.370. The maximum atomic E-state index is 13.0. The Morgan fingerprint density at radius 1 is 0.857 bits per heavy atom. The van der Waals surface area contributed by atoms with Crippen molar-refractivity contribution in [3.05, 3.63) is 89.9 Å². The molecule has 0 saturated carbocycles. The Morgan fingerprint density at radius 2 is 1.68 bits per heavy atom. The van der Waals surface area contributed by atoms with Crippen LogP contribution in [0, 0.1) is 0 Å². The Morgan fingerprint density at radius 3 is 2.43 bits per heavy atom. The van der Waals surface area contributed by atoms with Crippen molar-refractivity contribution >= 4 is 22.3 Å². The molecule has 140 valence electrons. The van der Waals surface area contributed by atoms with E-state index < -0.39 is 11.7 Å². The van der Waals surface area contributed by atoms with E-state index in [1.807, 2.05) is 36.4 Å². The lowest BCUT2D eigenvalue weighted by molar-refractivity contribution is -0.137. The molecule has 0 unspecified atom stereocenters. The van der Waals surface area contributed by atoms with Crippen LogP contribution < -0.4 is 5.32 Å². The number of aromatic nitrogens is 3.